The topological polar surface area (TPSA) is 78.4 Å². The fourth-order valence-electron chi connectivity index (χ4n) is 2.24. The Hall–Kier alpha value is -1.52. The van der Waals surface area contributed by atoms with Crippen molar-refractivity contribution in [3.05, 3.63) is 12.2 Å². The molecule has 102 valence electrons. The highest BCUT2D eigenvalue weighted by molar-refractivity contribution is 5.78. The average Bonchev–Trinajstić information content (AvgIpc) is 2.34. The molecule has 0 unspecified atom stereocenters. The van der Waals surface area contributed by atoms with E-state index in [0.717, 1.165) is 24.8 Å². The molecule has 0 aromatic carbocycles. The summed E-state index contributed by atoms with van der Waals surface area (Å²) in [6.07, 6.45) is 4.20. The van der Waals surface area contributed by atoms with E-state index < -0.39 is 11.4 Å². The summed E-state index contributed by atoms with van der Waals surface area (Å²) in [5, 5.41) is 14.6. The molecule has 0 spiro atoms. The minimum absolute atomic E-state index is 0.199. The first-order valence-corrected chi connectivity index (χ1v) is 6.36. The van der Waals surface area contributed by atoms with Gasteiger partial charge in [0, 0.05) is 13.1 Å². The van der Waals surface area contributed by atoms with Crippen LogP contribution in [0.3, 0.4) is 0 Å². The Morgan fingerprint density at radius 1 is 1.22 bits per heavy atom. The highest BCUT2D eigenvalue weighted by Gasteiger charge is 2.39. The van der Waals surface area contributed by atoms with E-state index in [0.29, 0.717) is 19.4 Å². The first-order chi connectivity index (χ1) is 8.46. The third-order valence-electron chi connectivity index (χ3n) is 3.40. The summed E-state index contributed by atoms with van der Waals surface area (Å²) >= 11 is 0. The minimum atomic E-state index is -0.803. The lowest BCUT2D eigenvalue weighted by molar-refractivity contribution is -0.150. The van der Waals surface area contributed by atoms with Gasteiger partial charge in [-0.15, -0.1) is 0 Å². The molecule has 2 amide bonds. The number of amides is 2. The average molecular weight is 254 g/mol. The summed E-state index contributed by atoms with van der Waals surface area (Å²) in [7, 11) is 0. The minimum Gasteiger partial charge on any atom is -0.481 e. The lowest BCUT2D eigenvalue weighted by Gasteiger charge is -2.33. The van der Waals surface area contributed by atoms with Crippen molar-refractivity contribution in [3.63, 3.8) is 0 Å². The van der Waals surface area contributed by atoms with Gasteiger partial charge in [0.05, 0.1) is 5.41 Å². The maximum Gasteiger partial charge on any atom is 0.315 e. The second-order valence-corrected chi connectivity index (χ2v) is 5.14. The number of carbonyl (C=O) groups excluding carboxylic acids is 1. The quantitative estimate of drug-likeness (QED) is 0.656. The van der Waals surface area contributed by atoms with Crippen LogP contribution in [0, 0.1) is 5.41 Å². The van der Waals surface area contributed by atoms with E-state index in [1.807, 2.05) is 6.92 Å². The Kier molecular flexibility index (Phi) is 5.19. The molecule has 1 rings (SSSR count). The van der Waals surface area contributed by atoms with E-state index in [1.54, 1.807) is 0 Å². The van der Waals surface area contributed by atoms with Crippen molar-refractivity contribution < 1.29 is 14.7 Å². The number of carboxylic acid groups (broad SMARTS) is 1. The van der Waals surface area contributed by atoms with Crippen LogP contribution in [0.2, 0.25) is 0 Å². The van der Waals surface area contributed by atoms with Gasteiger partial charge in [-0.05, 0) is 19.8 Å². The van der Waals surface area contributed by atoms with Crippen LogP contribution in [0.1, 0.15) is 39.0 Å². The summed E-state index contributed by atoms with van der Waals surface area (Å²) < 4.78 is 0. The second-order valence-electron chi connectivity index (χ2n) is 5.14. The van der Waals surface area contributed by atoms with Crippen molar-refractivity contribution in [1.29, 1.82) is 0 Å². The molecule has 5 nitrogen and oxygen atoms in total. The predicted molar refractivity (Wildman–Crippen MR) is 69.4 cm³/mol. The van der Waals surface area contributed by atoms with E-state index >= 15 is 0 Å². The van der Waals surface area contributed by atoms with Gasteiger partial charge in [-0.3, -0.25) is 4.79 Å². The molecule has 1 aliphatic rings. The van der Waals surface area contributed by atoms with Gasteiger partial charge >= 0.3 is 12.0 Å². The number of rotatable bonds is 5. The predicted octanol–water partition coefficient (Wildman–Crippen LogP) is 1.90. The van der Waals surface area contributed by atoms with Crippen LogP contribution in [0.4, 0.5) is 4.79 Å². The molecule has 3 N–H and O–H groups in total. The Morgan fingerprint density at radius 2 is 1.83 bits per heavy atom. The molecule has 0 radical (unpaired) electrons. The van der Waals surface area contributed by atoms with Gasteiger partial charge in [-0.2, -0.15) is 0 Å². The molecule has 1 fully saturated rings. The van der Waals surface area contributed by atoms with Crippen molar-refractivity contribution in [2.45, 2.75) is 39.0 Å². The molecule has 0 aromatic heterocycles. The maximum atomic E-state index is 11.5. The lowest BCUT2D eigenvalue weighted by atomic mass is 9.74. The van der Waals surface area contributed by atoms with Crippen molar-refractivity contribution in [3.8, 4) is 0 Å². The molecule has 0 saturated heterocycles. The Balaban J connectivity index is 2.45. The zero-order valence-electron chi connectivity index (χ0n) is 10.9. The van der Waals surface area contributed by atoms with Crippen molar-refractivity contribution in [2.24, 2.45) is 5.41 Å². The van der Waals surface area contributed by atoms with Crippen molar-refractivity contribution in [2.75, 3.05) is 13.1 Å². The van der Waals surface area contributed by atoms with Gasteiger partial charge in [0.1, 0.15) is 0 Å². The van der Waals surface area contributed by atoms with Gasteiger partial charge < -0.3 is 15.7 Å². The standard InChI is InChI=1S/C13H22N2O3/c1-10(2)8-14-12(18)15-9-13(11(16)17)6-4-3-5-7-13/h1,3-9H2,2H3,(H,16,17)(H2,14,15,18). The van der Waals surface area contributed by atoms with Gasteiger partial charge in [0.2, 0.25) is 0 Å². The van der Waals surface area contributed by atoms with E-state index in [1.165, 1.54) is 0 Å². The summed E-state index contributed by atoms with van der Waals surface area (Å²) in [4.78, 5) is 22.9. The Morgan fingerprint density at radius 3 is 2.33 bits per heavy atom. The zero-order chi connectivity index (χ0) is 13.6. The van der Waals surface area contributed by atoms with Gasteiger partial charge in [0.25, 0.3) is 0 Å². The Bertz CT molecular complexity index is 333. The van der Waals surface area contributed by atoms with E-state index in [4.69, 9.17) is 0 Å². The summed E-state index contributed by atoms with van der Waals surface area (Å²) in [6.45, 7) is 6.11. The van der Waals surface area contributed by atoms with Crippen LogP contribution in [0.5, 0.6) is 0 Å². The SMILES string of the molecule is C=C(C)CNC(=O)NCC1(C(=O)O)CCCCC1. The number of hydrogen-bond acceptors (Lipinski definition) is 2. The number of urea groups is 1. The number of hydrogen-bond donors (Lipinski definition) is 3. The number of carboxylic acids is 1. The summed E-state index contributed by atoms with van der Waals surface area (Å²) in [6, 6.07) is -0.329. The molecular weight excluding hydrogens is 232 g/mol. The van der Waals surface area contributed by atoms with Crippen molar-refractivity contribution >= 4 is 12.0 Å². The monoisotopic (exact) mass is 254 g/mol. The smallest absolute Gasteiger partial charge is 0.315 e. The maximum absolute atomic E-state index is 11.5. The summed E-state index contributed by atoms with van der Waals surface area (Å²) in [5.74, 6) is -0.803. The van der Waals surface area contributed by atoms with E-state index in [9.17, 15) is 14.7 Å². The van der Waals surface area contributed by atoms with Crippen LogP contribution in [0.15, 0.2) is 12.2 Å². The van der Waals surface area contributed by atoms with E-state index in [2.05, 4.69) is 17.2 Å². The summed E-state index contributed by atoms with van der Waals surface area (Å²) in [5.41, 5.74) is 0.0782. The molecule has 0 heterocycles. The first kappa shape index (κ1) is 14.5. The van der Waals surface area contributed by atoms with Gasteiger partial charge in [0.15, 0.2) is 0 Å². The normalized spacial score (nSPS) is 17.8. The molecule has 0 atom stereocenters. The van der Waals surface area contributed by atoms with Crippen LogP contribution in [-0.4, -0.2) is 30.2 Å². The van der Waals surface area contributed by atoms with Crippen LogP contribution in [0.25, 0.3) is 0 Å². The Labute approximate surface area is 108 Å². The molecule has 0 aliphatic heterocycles. The van der Waals surface area contributed by atoms with Crippen LogP contribution in [-0.2, 0) is 4.79 Å². The molecule has 0 bridgehead atoms. The lowest BCUT2D eigenvalue weighted by Crippen LogP contribution is -2.47. The van der Waals surface area contributed by atoms with E-state index in [-0.39, 0.29) is 12.6 Å². The van der Waals surface area contributed by atoms with Gasteiger partial charge in [-0.1, -0.05) is 31.4 Å². The number of carbonyl (C=O) groups is 2. The number of aliphatic carboxylic acids is 1. The molecule has 1 aliphatic carbocycles. The highest BCUT2D eigenvalue weighted by Crippen LogP contribution is 2.35. The third kappa shape index (κ3) is 4.05. The first-order valence-electron chi connectivity index (χ1n) is 6.36. The zero-order valence-corrected chi connectivity index (χ0v) is 10.9. The molecule has 0 aromatic rings. The van der Waals surface area contributed by atoms with Crippen LogP contribution < -0.4 is 10.6 Å². The highest BCUT2D eigenvalue weighted by atomic mass is 16.4. The third-order valence-corrected chi connectivity index (χ3v) is 3.40. The van der Waals surface area contributed by atoms with Crippen LogP contribution >= 0.6 is 0 Å². The number of nitrogens with one attached hydrogen (secondary N) is 2. The fraction of sp³-hybridized carbons (Fsp3) is 0.692. The second kappa shape index (κ2) is 6.42. The molecule has 1 saturated carbocycles. The molecular formula is C13H22N2O3. The fourth-order valence-corrected chi connectivity index (χ4v) is 2.24. The molecule has 18 heavy (non-hydrogen) atoms. The largest absolute Gasteiger partial charge is 0.481 e. The van der Waals surface area contributed by atoms with Gasteiger partial charge in [-0.25, -0.2) is 4.79 Å². The van der Waals surface area contributed by atoms with Crippen molar-refractivity contribution in [1.82, 2.24) is 10.6 Å². The molecule has 5 heteroatoms.